The van der Waals surface area contributed by atoms with Crippen molar-refractivity contribution >= 4 is 33.8 Å². The van der Waals surface area contributed by atoms with E-state index in [0.29, 0.717) is 21.7 Å². The molecule has 166 valence electrons. The number of aromatic amines is 1. The van der Waals surface area contributed by atoms with Crippen LogP contribution in [0.3, 0.4) is 0 Å². The van der Waals surface area contributed by atoms with Gasteiger partial charge in [0.25, 0.3) is 16.0 Å². The summed E-state index contributed by atoms with van der Waals surface area (Å²) in [7, 11) is -1.47. The van der Waals surface area contributed by atoms with E-state index < -0.39 is 16.0 Å². The number of nitrogens with zero attached hydrogens (tertiary/aromatic N) is 1. The van der Waals surface area contributed by atoms with Gasteiger partial charge >= 0.3 is 0 Å². The van der Waals surface area contributed by atoms with Gasteiger partial charge in [0.05, 0.1) is 53.7 Å². The summed E-state index contributed by atoms with van der Waals surface area (Å²) in [5.74, 6) is -0.742. The number of carbonyl (C=O) groups excluding carboxylic acids is 1. The van der Waals surface area contributed by atoms with Gasteiger partial charge in [-0.3, -0.25) is 8.98 Å². The normalized spacial score (nSPS) is 13.3. The Morgan fingerprint density at radius 2 is 1.62 bits per heavy atom. The lowest BCUT2D eigenvalue weighted by Gasteiger charge is -2.04. The van der Waals surface area contributed by atoms with Crippen LogP contribution < -0.4 is 0 Å². The number of hydrogen-bond acceptors (Lipinski definition) is 9. The van der Waals surface area contributed by atoms with Gasteiger partial charge in [-0.15, -0.1) is 4.33 Å². The number of aromatic hydroxyl groups is 1. The van der Waals surface area contributed by atoms with Crippen molar-refractivity contribution in [2.75, 3.05) is 14.2 Å². The van der Waals surface area contributed by atoms with Gasteiger partial charge in [0.1, 0.15) is 0 Å². The molecule has 0 saturated heterocycles. The molecule has 1 aromatic heterocycles. The van der Waals surface area contributed by atoms with Gasteiger partial charge in [0, 0.05) is 10.5 Å². The number of nitrogens with one attached hydrogen (secondary N) is 1. The molecule has 2 N–H and O–H groups in total. The first-order valence-corrected chi connectivity index (χ1v) is 11.1. The van der Waals surface area contributed by atoms with Crippen LogP contribution in [-0.4, -0.2) is 44.3 Å². The molecule has 10 nitrogen and oxygen atoms in total. The average Bonchev–Trinajstić information content (AvgIpc) is 3.33. The van der Waals surface area contributed by atoms with E-state index >= 15 is 0 Å². The van der Waals surface area contributed by atoms with Crippen LogP contribution in [0.5, 0.6) is 5.88 Å². The summed E-state index contributed by atoms with van der Waals surface area (Å²) in [5, 5.41) is 14.9. The summed E-state index contributed by atoms with van der Waals surface area (Å²) in [5.41, 5.74) is 2.24. The zero-order valence-electron chi connectivity index (χ0n) is 16.7. The lowest BCUT2D eigenvalue weighted by Crippen LogP contribution is -2.04. The number of aliphatic imine (C=N–C) groups is 1. The molecule has 0 saturated carbocycles. The zero-order chi connectivity index (χ0) is 22.9. The molecule has 1 amide bonds. The zero-order valence-corrected chi connectivity index (χ0v) is 18.3. The summed E-state index contributed by atoms with van der Waals surface area (Å²) in [6.07, 6.45) is 0. The second-order valence-electron chi connectivity index (χ2n) is 6.42. The Balaban J connectivity index is 1.66. The maximum atomic E-state index is 12.7. The first-order chi connectivity index (χ1) is 15.4. The highest BCUT2D eigenvalue weighted by atomic mass is 32.2. The number of carbonyl (C=O) groups is 1. The minimum absolute atomic E-state index is 0.0364. The Bertz CT molecular complexity index is 1300. The van der Waals surface area contributed by atoms with Crippen LogP contribution in [0.25, 0.3) is 11.3 Å². The van der Waals surface area contributed by atoms with Crippen LogP contribution in [0, 0.1) is 0 Å². The number of amides is 1. The molecule has 0 aliphatic carbocycles. The Morgan fingerprint density at radius 1 is 0.969 bits per heavy atom. The van der Waals surface area contributed by atoms with E-state index in [4.69, 9.17) is 4.33 Å². The van der Waals surface area contributed by atoms with E-state index in [1.54, 1.807) is 24.3 Å². The van der Waals surface area contributed by atoms with Crippen molar-refractivity contribution in [1.29, 1.82) is 0 Å². The summed E-state index contributed by atoms with van der Waals surface area (Å²) >= 11 is 0.934. The van der Waals surface area contributed by atoms with Crippen molar-refractivity contribution in [3.63, 3.8) is 0 Å². The van der Waals surface area contributed by atoms with E-state index in [9.17, 15) is 18.3 Å². The molecule has 1 aliphatic rings. The molecule has 2 aromatic carbocycles. The maximum absolute atomic E-state index is 12.7. The molecule has 0 atom stereocenters. The van der Waals surface area contributed by atoms with Gasteiger partial charge in [0.15, 0.2) is 5.88 Å². The van der Waals surface area contributed by atoms with Crippen molar-refractivity contribution in [3.8, 4) is 17.1 Å². The topological polar surface area (TPSA) is 137 Å². The van der Waals surface area contributed by atoms with Crippen molar-refractivity contribution in [2.45, 2.75) is 9.79 Å². The second-order valence-corrected chi connectivity index (χ2v) is 8.91. The third kappa shape index (κ3) is 4.07. The van der Waals surface area contributed by atoms with Gasteiger partial charge < -0.3 is 10.1 Å². The number of benzene rings is 2. The lowest BCUT2D eigenvalue weighted by atomic mass is 10.0. The monoisotopic (exact) mass is 476 g/mol. The molecule has 0 spiro atoms. The van der Waals surface area contributed by atoms with Crippen molar-refractivity contribution < 1.29 is 36.8 Å². The molecular formula is C20H16N2O8S2. The minimum Gasteiger partial charge on any atom is -0.494 e. The van der Waals surface area contributed by atoms with Crippen molar-refractivity contribution in [3.05, 3.63) is 65.2 Å². The molecule has 0 radical (unpaired) electrons. The summed E-state index contributed by atoms with van der Waals surface area (Å²) in [6.45, 7) is 0. The van der Waals surface area contributed by atoms with E-state index in [2.05, 4.69) is 24.1 Å². The third-order valence-corrected chi connectivity index (χ3v) is 6.53. The van der Waals surface area contributed by atoms with Crippen LogP contribution in [0.2, 0.25) is 0 Å². The van der Waals surface area contributed by atoms with Gasteiger partial charge in [-0.25, -0.2) is 9.88 Å². The van der Waals surface area contributed by atoms with Gasteiger partial charge in [-0.2, -0.15) is 8.42 Å². The molecule has 0 bridgehead atoms. The highest BCUT2D eigenvalue weighted by Gasteiger charge is 2.33. The molecule has 0 fully saturated rings. The smallest absolute Gasteiger partial charge is 0.296 e. The van der Waals surface area contributed by atoms with Crippen LogP contribution in [0.1, 0.15) is 21.5 Å². The lowest BCUT2D eigenvalue weighted by molar-refractivity contribution is -0.447. The van der Waals surface area contributed by atoms with Gasteiger partial charge in [-0.05, 0) is 29.8 Å². The van der Waals surface area contributed by atoms with Crippen LogP contribution in [0.4, 0.5) is 0 Å². The van der Waals surface area contributed by atoms with E-state index in [0.717, 1.165) is 19.2 Å². The Hall–Kier alpha value is -3.00. The van der Waals surface area contributed by atoms with Crippen LogP contribution in [-0.2, 0) is 28.6 Å². The minimum atomic E-state index is -3.85. The van der Waals surface area contributed by atoms with Crippen LogP contribution >= 0.6 is 12.0 Å². The SMILES string of the molecule is COOOSc1ccc(-c2[nH]c(O)c3c2C(=O)N=C3c2ccc(S(=O)(=O)OC)cc2)cc1. The number of H-pyrrole nitrogens is 1. The Morgan fingerprint density at radius 3 is 2.25 bits per heavy atom. The predicted octanol–water partition coefficient (Wildman–Crippen LogP) is 3.23. The largest absolute Gasteiger partial charge is 0.494 e. The maximum Gasteiger partial charge on any atom is 0.296 e. The van der Waals surface area contributed by atoms with Crippen molar-refractivity contribution in [1.82, 2.24) is 4.98 Å². The Labute approximate surface area is 187 Å². The number of rotatable bonds is 8. The molecule has 2 heterocycles. The third-order valence-electron chi connectivity index (χ3n) is 4.65. The number of aromatic nitrogens is 1. The van der Waals surface area contributed by atoms with E-state index in [1.165, 1.54) is 31.4 Å². The van der Waals surface area contributed by atoms with Gasteiger partial charge in [0.2, 0.25) is 0 Å². The fourth-order valence-electron chi connectivity index (χ4n) is 3.20. The second kappa shape index (κ2) is 8.86. The molecular weight excluding hydrogens is 460 g/mol. The molecule has 12 heteroatoms. The van der Waals surface area contributed by atoms with Gasteiger partial charge in [-0.1, -0.05) is 29.3 Å². The fraction of sp³-hybridized carbons (Fsp3) is 0.100. The predicted molar refractivity (Wildman–Crippen MR) is 114 cm³/mol. The molecule has 0 unspecified atom stereocenters. The highest BCUT2D eigenvalue weighted by molar-refractivity contribution is 7.94. The standard InChI is InChI=1S/C20H16N2O8S2/c1-27-29-30-31-13-7-3-11(4-8-13)17-15-16(20(24)21-17)18(22-19(15)23)12-5-9-14(10-6-12)32(25,26)28-2/h3-10,21,24H,1-2H3. The van der Waals surface area contributed by atoms with E-state index in [-0.39, 0.29) is 27.6 Å². The number of fused-ring (bicyclic) bond motifs is 1. The summed E-state index contributed by atoms with van der Waals surface area (Å²) < 4.78 is 32.9. The highest BCUT2D eigenvalue weighted by Crippen LogP contribution is 2.38. The van der Waals surface area contributed by atoms with Crippen LogP contribution in [0.15, 0.2) is 63.3 Å². The quantitative estimate of drug-likeness (QED) is 0.165. The first kappa shape index (κ1) is 22.2. The summed E-state index contributed by atoms with van der Waals surface area (Å²) in [4.78, 5) is 24.6. The molecule has 1 aliphatic heterocycles. The van der Waals surface area contributed by atoms with E-state index in [1.807, 2.05) is 0 Å². The summed E-state index contributed by atoms with van der Waals surface area (Å²) in [6, 6.07) is 12.6. The average molecular weight is 476 g/mol. The fourth-order valence-corrected chi connectivity index (χ4v) is 4.27. The molecule has 3 aromatic rings. The van der Waals surface area contributed by atoms with Crippen molar-refractivity contribution in [2.24, 2.45) is 4.99 Å². The Kier molecular flexibility index (Phi) is 6.15. The number of hydrogen-bond donors (Lipinski definition) is 2. The molecule has 4 rings (SSSR count). The first-order valence-electron chi connectivity index (χ1n) is 8.99. The molecule has 32 heavy (non-hydrogen) atoms.